The van der Waals surface area contributed by atoms with E-state index in [-0.39, 0.29) is 16.8 Å². The Hall–Kier alpha value is -1.41. The highest BCUT2D eigenvalue weighted by atomic mass is 32.2. The van der Waals surface area contributed by atoms with Crippen LogP contribution in [0.15, 0.2) is 4.90 Å². The fraction of sp³-hybridized carbons (Fsp3) is 0.692. The molecular formula is C13H21N3O4S. The smallest absolute Gasteiger partial charge is 0.308 e. The molecule has 1 fully saturated rings. The fourth-order valence-electron chi connectivity index (χ4n) is 2.76. The number of carbonyl (C=O) groups excluding carboxylic acids is 1. The number of hydrogen-bond acceptors (Lipinski definition) is 5. The van der Waals surface area contributed by atoms with Crippen molar-refractivity contribution in [3.63, 3.8) is 0 Å². The van der Waals surface area contributed by atoms with Crippen molar-refractivity contribution in [3.05, 3.63) is 11.4 Å². The number of ether oxygens (including phenoxy) is 1. The van der Waals surface area contributed by atoms with Crippen LogP contribution in [-0.2, 0) is 26.6 Å². The van der Waals surface area contributed by atoms with Crippen LogP contribution in [0.1, 0.15) is 24.2 Å². The second-order valence-electron chi connectivity index (χ2n) is 5.33. The SMILES string of the molecule is COC(=O)C1CCN(S(=O)(=O)c2c(C)nn(C)c2C)CC1. The molecule has 8 heteroatoms. The van der Waals surface area contributed by atoms with Crippen LogP contribution in [0.3, 0.4) is 0 Å². The van der Waals surface area contributed by atoms with Gasteiger partial charge in [0.05, 0.1) is 24.4 Å². The number of esters is 1. The van der Waals surface area contributed by atoms with Crippen LogP contribution in [-0.4, -0.2) is 48.7 Å². The first kappa shape index (κ1) is 16.0. The normalized spacial score (nSPS) is 17.9. The minimum atomic E-state index is -3.56. The summed E-state index contributed by atoms with van der Waals surface area (Å²) in [5.41, 5.74) is 1.13. The number of rotatable bonds is 3. The number of sulfonamides is 1. The Kier molecular flexibility index (Phi) is 4.38. The van der Waals surface area contributed by atoms with Crippen molar-refractivity contribution in [2.24, 2.45) is 13.0 Å². The molecule has 2 heterocycles. The lowest BCUT2D eigenvalue weighted by molar-refractivity contribution is -0.146. The molecule has 0 radical (unpaired) electrons. The van der Waals surface area contributed by atoms with Crippen LogP contribution in [0.4, 0.5) is 0 Å². The summed E-state index contributed by atoms with van der Waals surface area (Å²) in [6.45, 7) is 4.10. The molecule has 0 unspecified atom stereocenters. The predicted octanol–water partition coefficient (Wildman–Crippen LogP) is 0.611. The van der Waals surface area contributed by atoms with Gasteiger partial charge in [0.1, 0.15) is 4.90 Å². The summed E-state index contributed by atoms with van der Waals surface area (Å²) in [5.74, 6) is -0.474. The van der Waals surface area contributed by atoms with E-state index in [0.29, 0.717) is 37.3 Å². The number of carbonyl (C=O) groups is 1. The van der Waals surface area contributed by atoms with Crippen LogP contribution >= 0.6 is 0 Å². The molecule has 2 rings (SSSR count). The van der Waals surface area contributed by atoms with Crippen molar-refractivity contribution >= 4 is 16.0 Å². The number of methoxy groups -OCH3 is 1. The number of piperidine rings is 1. The zero-order chi connectivity index (χ0) is 15.8. The average molecular weight is 315 g/mol. The maximum absolute atomic E-state index is 12.7. The largest absolute Gasteiger partial charge is 0.469 e. The van der Waals surface area contributed by atoms with Gasteiger partial charge in [0.25, 0.3) is 0 Å². The summed E-state index contributed by atoms with van der Waals surface area (Å²) >= 11 is 0. The van der Waals surface area contributed by atoms with Gasteiger partial charge >= 0.3 is 5.97 Å². The predicted molar refractivity (Wildman–Crippen MR) is 76.2 cm³/mol. The first-order valence-electron chi connectivity index (χ1n) is 6.87. The van der Waals surface area contributed by atoms with Crippen LogP contribution in [0.25, 0.3) is 0 Å². The molecule has 0 spiro atoms. The molecule has 1 saturated heterocycles. The molecule has 0 aliphatic carbocycles. The van der Waals surface area contributed by atoms with E-state index in [2.05, 4.69) is 5.10 Å². The van der Waals surface area contributed by atoms with Gasteiger partial charge in [-0.1, -0.05) is 0 Å². The van der Waals surface area contributed by atoms with Gasteiger partial charge < -0.3 is 4.74 Å². The summed E-state index contributed by atoms with van der Waals surface area (Å²) in [6, 6.07) is 0. The highest BCUT2D eigenvalue weighted by Crippen LogP contribution is 2.27. The Morgan fingerprint density at radius 2 is 1.86 bits per heavy atom. The number of aromatic nitrogens is 2. The highest BCUT2D eigenvalue weighted by Gasteiger charge is 2.35. The topological polar surface area (TPSA) is 81.5 Å². The van der Waals surface area contributed by atoms with Gasteiger partial charge in [0.2, 0.25) is 10.0 Å². The van der Waals surface area contributed by atoms with Crippen molar-refractivity contribution in [3.8, 4) is 0 Å². The van der Waals surface area contributed by atoms with Crippen LogP contribution in [0, 0.1) is 19.8 Å². The first-order chi connectivity index (χ1) is 9.78. The summed E-state index contributed by atoms with van der Waals surface area (Å²) < 4.78 is 33.2. The van der Waals surface area contributed by atoms with Gasteiger partial charge in [0, 0.05) is 20.1 Å². The van der Waals surface area contributed by atoms with Crippen LogP contribution in [0.5, 0.6) is 0 Å². The summed E-state index contributed by atoms with van der Waals surface area (Å²) in [6.07, 6.45) is 0.981. The molecule has 7 nitrogen and oxygen atoms in total. The molecule has 0 aromatic carbocycles. The first-order valence-corrected chi connectivity index (χ1v) is 8.31. The van der Waals surface area contributed by atoms with Gasteiger partial charge in [-0.05, 0) is 26.7 Å². The molecule has 0 N–H and O–H groups in total. The van der Waals surface area contributed by atoms with E-state index < -0.39 is 10.0 Å². The minimum absolute atomic E-state index is 0.211. The monoisotopic (exact) mass is 315 g/mol. The van der Waals surface area contributed by atoms with Crippen molar-refractivity contribution in [1.29, 1.82) is 0 Å². The van der Waals surface area contributed by atoms with Gasteiger partial charge in [0.15, 0.2) is 0 Å². The number of nitrogens with zero attached hydrogens (tertiary/aromatic N) is 3. The Morgan fingerprint density at radius 1 is 1.29 bits per heavy atom. The third-order valence-electron chi connectivity index (χ3n) is 4.03. The number of hydrogen-bond donors (Lipinski definition) is 0. The van der Waals surface area contributed by atoms with Crippen molar-refractivity contribution < 1.29 is 17.9 Å². The molecule has 1 aliphatic heterocycles. The molecule has 1 aromatic heterocycles. The summed E-state index contributed by atoms with van der Waals surface area (Å²) in [4.78, 5) is 11.8. The molecule has 21 heavy (non-hydrogen) atoms. The van der Waals surface area contributed by atoms with Crippen molar-refractivity contribution in [2.45, 2.75) is 31.6 Å². The van der Waals surface area contributed by atoms with Crippen molar-refractivity contribution in [2.75, 3.05) is 20.2 Å². The summed E-state index contributed by atoms with van der Waals surface area (Å²) in [5, 5.41) is 4.16. The van der Waals surface area contributed by atoms with E-state index in [1.165, 1.54) is 11.4 Å². The van der Waals surface area contributed by atoms with E-state index in [1.54, 1.807) is 25.6 Å². The second-order valence-corrected chi connectivity index (χ2v) is 7.20. The van der Waals surface area contributed by atoms with Crippen LogP contribution in [0.2, 0.25) is 0 Å². The fourth-order valence-corrected chi connectivity index (χ4v) is 4.62. The van der Waals surface area contributed by atoms with Gasteiger partial charge in [-0.15, -0.1) is 0 Å². The second kappa shape index (κ2) is 5.76. The van der Waals surface area contributed by atoms with E-state index in [4.69, 9.17) is 4.74 Å². The maximum Gasteiger partial charge on any atom is 0.308 e. The lowest BCUT2D eigenvalue weighted by atomic mass is 9.99. The van der Waals surface area contributed by atoms with E-state index >= 15 is 0 Å². The van der Waals surface area contributed by atoms with E-state index in [1.807, 2.05) is 0 Å². The average Bonchev–Trinajstić information content (AvgIpc) is 2.71. The Morgan fingerprint density at radius 3 is 2.29 bits per heavy atom. The van der Waals surface area contributed by atoms with Crippen LogP contribution < -0.4 is 0 Å². The minimum Gasteiger partial charge on any atom is -0.469 e. The van der Waals surface area contributed by atoms with Gasteiger partial charge in [-0.25, -0.2) is 8.42 Å². The molecule has 0 atom stereocenters. The number of aryl methyl sites for hydroxylation is 2. The quantitative estimate of drug-likeness (QED) is 0.763. The molecule has 1 aliphatic rings. The van der Waals surface area contributed by atoms with E-state index in [9.17, 15) is 13.2 Å². The molecular weight excluding hydrogens is 294 g/mol. The summed E-state index contributed by atoms with van der Waals surface area (Å²) in [7, 11) is -0.479. The van der Waals surface area contributed by atoms with E-state index in [0.717, 1.165) is 0 Å². The third kappa shape index (κ3) is 2.82. The third-order valence-corrected chi connectivity index (χ3v) is 6.18. The molecule has 1 aromatic rings. The molecule has 0 saturated carbocycles. The Bertz CT molecular complexity index is 643. The Balaban J connectivity index is 2.21. The molecule has 0 bridgehead atoms. The van der Waals surface area contributed by atoms with Gasteiger partial charge in [-0.2, -0.15) is 9.40 Å². The maximum atomic E-state index is 12.7. The lowest BCUT2D eigenvalue weighted by Crippen LogP contribution is -2.40. The van der Waals surface area contributed by atoms with Gasteiger partial charge in [-0.3, -0.25) is 9.48 Å². The standard InChI is InChI=1S/C13H21N3O4S/c1-9-12(10(2)15(3)14-9)21(18,19)16-7-5-11(6-8-16)13(17)20-4/h11H,5-8H2,1-4H3. The highest BCUT2D eigenvalue weighted by molar-refractivity contribution is 7.89. The van der Waals surface area contributed by atoms with Crippen molar-refractivity contribution in [1.82, 2.24) is 14.1 Å². The Labute approximate surface area is 124 Å². The zero-order valence-electron chi connectivity index (χ0n) is 12.8. The lowest BCUT2D eigenvalue weighted by Gasteiger charge is -2.29. The zero-order valence-corrected chi connectivity index (χ0v) is 13.6. The molecule has 0 amide bonds. The molecule has 118 valence electrons.